The molecule has 0 radical (unpaired) electrons. The van der Waals surface area contributed by atoms with Crippen LogP contribution in [0.4, 0.5) is 0 Å². The van der Waals surface area contributed by atoms with Crippen molar-refractivity contribution in [2.24, 2.45) is 5.92 Å². The first-order valence-corrected chi connectivity index (χ1v) is 7.40. The highest BCUT2D eigenvalue weighted by atomic mass is 35.5. The van der Waals surface area contributed by atoms with E-state index in [0.29, 0.717) is 0 Å². The van der Waals surface area contributed by atoms with Crippen molar-refractivity contribution in [1.29, 1.82) is 0 Å². The van der Waals surface area contributed by atoms with Crippen molar-refractivity contribution >= 4 is 11.6 Å². The second-order valence-electron chi connectivity index (χ2n) is 5.33. The molecule has 0 nitrogen and oxygen atoms in total. The van der Waals surface area contributed by atoms with Crippen molar-refractivity contribution in [2.45, 2.75) is 58.3 Å². The average Bonchev–Trinajstić information content (AvgIpc) is 2.39. The van der Waals surface area contributed by atoms with Gasteiger partial charge in [0.15, 0.2) is 0 Å². The molecule has 0 aliphatic heterocycles. The molecule has 1 aromatic carbocycles. The molecule has 0 amide bonds. The van der Waals surface area contributed by atoms with Gasteiger partial charge in [0.25, 0.3) is 0 Å². The number of halogens is 1. The standard InChI is InChI=1S/C16H23Cl/c1-3-12-6-5-7-14(10-12)16-11-15(17)9-8-13(16)4-2/h8-9,11-12,14H,3-7,10H2,1-2H3. The predicted molar refractivity (Wildman–Crippen MR) is 75.8 cm³/mol. The van der Waals surface area contributed by atoms with E-state index >= 15 is 0 Å². The highest BCUT2D eigenvalue weighted by molar-refractivity contribution is 6.30. The lowest BCUT2D eigenvalue weighted by Gasteiger charge is -2.30. The van der Waals surface area contributed by atoms with Crippen LogP contribution in [0.2, 0.25) is 5.02 Å². The van der Waals surface area contributed by atoms with Crippen molar-refractivity contribution in [3.05, 3.63) is 34.3 Å². The van der Waals surface area contributed by atoms with E-state index in [2.05, 4.69) is 26.0 Å². The maximum Gasteiger partial charge on any atom is 0.0409 e. The Morgan fingerprint density at radius 3 is 2.76 bits per heavy atom. The number of aryl methyl sites for hydroxylation is 1. The van der Waals surface area contributed by atoms with E-state index in [1.165, 1.54) is 43.2 Å². The van der Waals surface area contributed by atoms with Crippen molar-refractivity contribution in [2.75, 3.05) is 0 Å². The zero-order valence-corrected chi connectivity index (χ0v) is 11.8. The molecule has 1 fully saturated rings. The summed E-state index contributed by atoms with van der Waals surface area (Å²) in [5.41, 5.74) is 3.02. The molecule has 0 N–H and O–H groups in total. The lowest BCUT2D eigenvalue weighted by molar-refractivity contribution is 0.313. The third-order valence-corrected chi connectivity index (χ3v) is 4.52. The summed E-state index contributed by atoms with van der Waals surface area (Å²) in [7, 11) is 0. The summed E-state index contributed by atoms with van der Waals surface area (Å²) in [6.07, 6.45) is 7.99. The van der Waals surface area contributed by atoms with E-state index in [0.717, 1.165) is 23.3 Å². The van der Waals surface area contributed by atoms with E-state index in [1.807, 2.05) is 6.07 Å². The zero-order valence-electron chi connectivity index (χ0n) is 11.0. The normalized spacial score (nSPS) is 24.9. The summed E-state index contributed by atoms with van der Waals surface area (Å²) in [5.74, 6) is 1.68. The molecule has 94 valence electrons. The summed E-state index contributed by atoms with van der Waals surface area (Å²) in [6.45, 7) is 4.57. The van der Waals surface area contributed by atoms with Crippen LogP contribution in [0.1, 0.15) is 63.0 Å². The molecule has 1 aliphatic rings. The van der Waals surface area contributed by atoms with Gasteiger partial charge in [0.05, 0.1) is 0 Å². The largest absolute Gasteiger partial charge is 0.0843 e. The van der Waals surface area contributed by atoms with Crippen molar-refractivity contribution in [3.63, 3.8) is 0 Å². The SMILES string of the molecule is CCc1ccc(Cl)cc1C1CCCC(CC)C1. The van der Waals surface area contributed by atoms with Gasteiger partial charge in [-0.15, -0.1) is 0 Å². The predicted octanol–water partition coefficient (Wildman–Crippen LogP) is 5.59. The van der Waals surface area contributed by atoms with Crippen LogP contribution >= 0.6 is 11.6 Å². The van der Waals surface area contributed by atoms with Gasteiger partial charge in [-0.2, -0.15) is 0 Å². The first kappa shape index (κ1) is 13.0. The van der Waals surface area contributed by atoms with Crippen LogP contribution in [0.5, 0.6) is 0 Å². The minimum atomic E-state index is 0.752. The average molecular weight is 251 g/mol. The summed E-state index contributed by atoms with van der Waals surface area (Å²) in [6, 6.07) is 6.46. The fourth-order valence-corrected chi connectivity index (χ4v) is 3.39. The number of rotatable bonds is 3. The summed E-state index contributed by atoms with van der Waals surface area (Å²) < 4.78 is 0. The number of benzene rings is 1. The zero-order chi connectivity index (χ0) is 12.3. The molecule has 0 saturated heterocycles. The highest BCUT2D eigenvalue weighted by Crippen LogP contribution is 2.39. The fraction of sp³-hybridized carbons (Fsp3) is 0.625. The van der Waals surface area contributed by atoms with Gasteiger partial charge in [-0.3, -0.25) is 0 Å². The monoisotopic (exact) mass is 250 g/mol. The van der Waals surface area contributed by atoms with Crippen molar-refractivity contribution < 1.29 is 0 Å². The Kier molecular flexibility index (Phi) is 4.50. The third kappa shape index (κ3) is 3.04. The third-order valence-electron chi connectivity index (χ3n) is 4.29. The van der Waals surface area contributed by atoms with Crippen LogP contribution in [0.25, 0.3) is 0 Å². The summed E-state index contributed by atoms with van der Waals surface area (Å²) >= 11 is 6.16. The van der Waals surface area contributed by atoms with Crippen LogP contribution < -0.4 is 0 Å². The Bertz CT molecular complexity index is 370. The molecule has 0 spiro atoms. The first-order valence-electron chi connectivity index (χ1n) is 7.02. The minimum Gasteiger partial charge on any atom is -0.0843 e. The molecule has 1 heteroatoms. The number of hydrogen-bond donors (Lipinski definition) is 0. The molecule has 1 aliphatic carbocycles. The molecule has 0 aromatic heterocycles. The lowest BCUT2D eigenvalue weighted by Crippen LogP contribution is -2.14. The molecule has 2 atom stereocenters. The smallest absolute Gasteiger partial charge is 0.0409 e. The van der Waals surface area contributed by atoms with E-state index in [9.17, 15) is 0 Å². The Balaban J connectivity index is 2.22. The van der Waals surface area contributed by atoms with Gasteiger partial charge < -0.3 is 0 Å². The Hall–Kier alpha value is -0.490. The van der Waals surface area contributed by atoms with Crippen LogP contribution in [-0.2, 0) is 6.42 Å². The van der Waals surface area contributed by atoms with Crippen LogP contribution in [0.15, 0.2) is 18.2 Å². The van der Waals surface area contributed by atoms with Crippen LogP contribution in [-0.4, -0.2) is 0 Å². The fourth-order valence-electron chi connectivity index (χ4n) is 3.21. The van der Waals surface area contributed by atoms with E-state index in [4.69, 9.17) is 11.6 Å². The van der Waals surface area contributed by atoms with Crippen molar-refractivity contribution in [3.8, 4) is 0 Å². The maximum atomic E-state index is 6.16. The summed E-state index contributed by atoms with van der Waals surface area (Å²) in [5, 5.41) is 0.899. The van der Waals surface area contributed by atoms with Crippen molar-refractivity contribution in [1.82, 2.24) is 0 Å². The molecule has 17 heavy (non-hydrogen) atoms. The van der Waals surface area contributed by atoms with Gasteiger partial charge in [-0.05, 0) is 54.4 Å². The van der Waals surface area contributed by atoms with Gasteiger partial charge in [0.2, 0.25) is 0 Å². The number of hydrogen-bond acceptors (Lipinski definition) is 0. The molecule has 0 bridgehead atoms. The Morgan fingerprint density at radius 2 is 2.06 bits per heavy atom. The van der Waals surface area contributed by atoms with Gasteiger partial charge in [0.1, 0.15) is 0 Å². The molecule has 2 unspecified atom stereocenters. The Morgan fingerprint density at radius 1 is 1.24 bits per heavy atom. The van der Waals surface area contributed by atoms with Crippen LogP contribution in [0, 0.1) is 5.92 Å². The van der Waals surface area contributed by atoms with E-state index in [1.54, 1.807) is 0 Å². The van der Waals surface area contributed by atoms with Gasteiger partial charge >= 0.3 is 0 Å². The Labute approximate surface area is 110 Å². The molecule has 1 aromatic rings. The van der Waals surface area contributed by atoms with E-state index in [-0.39, 0.29) is 0 Å². The maximum absolute atomic E-state index is 6.16. The van der Waals surface area contributed by atoms with Gasteiger partial charge in [-0.1, -0.05) is 50.8 Å². The molecular weight excluding hydrogens is 228 g/mol. The summed E-state index contributed by atoms with van der Waals surface area (Å²) in [4.78, 5) is 0. The molecule has 0 heterocycles. The second-order valence-corrected chi connectivity index (χ2v) is 5.77. The van der Waals surface area contributed by atoms with E-state index < -0.39 is 0 Å². The topological polar surface area (TPSA) is 0 Å². The molecule has 2 rings (SSSR count). The molecule has 1 saturated carbocycles. The quantitative estimate of drug-likeness (QED) is 0.656. The first-order chi connectivity index (χ1) is 8.24. The van der Waals surface area contributed by atoms with Crippen LogP contribution in [0.3, 0.4) is 0 Å². The highest BCUT2D eigenvalue weighted by Gasteiger charge is 2.23. The molecular formula is C16H23Cl. The lowest BCUT2D eigenvalue weighted by atomic mass is 9.76. The van der Waals surface area contributed by atoms with Gasteiger partial charge in [-0.25, -0.2) is 0 Å². The van der Waals surface area contributed by atoms with Gasteiger partial charge in [0, 0.05) is 5.02 Å². The second kappa shape index (κ2) is 5.91. The minimum absolute atomic E-state index is 0.752.